The summed E-state index contributed by atoms with van der Waals surface area (Å²) in [6.45, 7) is 8.27. The van der Waals surface area contributed by atoms with Gasteiger partial charge in [0, 0.05) is 35.6 Å². The fourth-order valence-corrected chi connectivity index (χ4v) is 6.30. The highest BCUT2D eigenvalue weighted by atomic mass is 32.1. The van der Waals surface area contributed by atoms with Crippen LogP contribution in [0.4, 0.5) is 9.18 Å². The van der Waals surface area contributed by atoms with Gasteiger partial charge in [-0.15, -0.1) is 22.7 Å². The van der Waals surface area contributed by atoms with E-state index in [0.717, 1.165) is 31.9 Å². The molecule has 1 aliphatic rings. The lowest BCUT2D eigenvalue weighted by atomic mass is 10.0. The van der Waals surface area contributed by atoms with Crippen molar-refractivity contribution >= 4 is 54.8 Å². The first-order chi connectivity index (χ1) is 15.6. The normalized spacial score (nSPS) is 17.1. The van der Waals surface area contributed by atoms with Gasteiger partial charge in [-0.2, -0.15) is 5.10 Å². The number of rotatable bonds is 2. The van der Waals surface area contributed by atoms with Crippen molar-refractivity contribution in [1.82, 2.24) is 19.7 Å². The number of ether oxygens (including phenoxy) is 1. The van der Waals surface area contributed by atoms with Crippen LogP contribution in [0.3, 0.4) is 0 Å². The van der Waals surface area contributed by atoms with Gasteiger partial charge in [0.1, 0.15) is 21.0 Å². The summed E-state index contributed by atoms with van der Waals surface area (Å²) < 4.78 is 22.7. The number of amides is 1. The van der Waals surface area contributed by atoms with E-state index in [1.165, 1.54) is 16.5 Å². The smallest absolute Gasteiger partial charge is 0.410 e. The average molecular weight is 485 g/mol. The van der Waals surface area contributed by atoms with Crippen LogP contribution in [0.25, 0.3) is 36.6 Å². The quantitative estimate of drug-likeness (QED) is 0.327. The lowest BCUT2D eigenvalue weighted by molar-refractivity contribution is 0.0209. The predicted molar refractivity (Wildman–Crippen MR) is 132 cm³/mol. The number of hydrogen-bond acceptors (Lipinski definition) is 6. The molecule has 0 saturated carbocycles. The molecule has 0 bridgehead atoms. The number of aryl methyl sites for hydroxylation is 1. The molecule has 0 radical (unpaired) electrons. The molecular weight excluding hydrogens is 459 g/mol. The van der Waals surface area contributed by atoms with Crippen molar-refractivity contribution in [2.24, 2.45) is 7.05 Å². The van der Waals surface area contributed by atoms with Crippen LogP contribution in [0, 0.1) is 5.82 Å². The zero-order valence-electron chi connectivity index (χ0n) is 19.2. The maximum atomic E-state index is 14.5. The molecule has 1 atom stereocenters. The van der Waals surface area contributed by atoms with Crippen LogP contribution in [-0.2, 0) is 11.8 Å². The molecule has 172 valence electrons. The Bertz CT molecular complexity index is 1380. The van der Waals surface area contributed by atoms with Gasteiger partial charge in [-0.1, -0.05) is 6.08 Å². The van der Waals surface area contributed by atoms with E-state index in [9.17, 15) is 9.18 Å². The number of benzene rings is 1. The molecule has 6 nitrogen and oxygen atoms in total. The molecule has 1 aromatic carbocycles. The number of carbonyl (C=O) groups is 1. The van der Waals surface area contributed by atoms with Gasteiger partial charge in [0.2, 0.25) is 0 Å². The van der Waals surface area contributed by atoms with Gasteiger partial charge in [-0.25, -0.2) is 14.2 Å². The Labute approximate surface area is 199 Å². The lowest BCUT2D eigenvalue weighted by Crippen LogP contribution is -2.43. The maximum absolute atomic E-state index is 14.5. The monoisotopic (exact) mass is 484 g/mol. The van der Waals surface area contributed by atoms with Crippen molar-refractivity contribution < 1.29 is 13.9 Å². The van der Waals surface area contributed by atoms with Gasteiger partial charge in [-0.05, 0) is 57.9 Å². The molecule has 4 heterocycles. The molecule has 1 aliphatic heterocycles. The van der Waals surface area contributed by atoms with Crippen molar-refractivity contribution in [1.29, 1.82) is 0 Å². The van der Waals surface area contributed by atoms with Gasteiger partial charge in [0.25, 0.3) is 0 Å². The number of nitrogens with zero attached hydrogens (tertiary/aromatic N) is 4. The highest BCUT2D eigenvalue weighted by Gasteiger charge is 2.28. The number of thiophene rings is 1. The summed E-state index contributed by atoms with van der Waals surface area (Å²) >= 11 is 3.20. The van der Waals surface area contributed by atoms with E-state index in [-0.39, 0.29) is 18.0 Å². The second kappa shape index (κ2) is 7.92. The third-order valence-corrected chi connectivity index (χ3v) is 7.80. The van der Waals surface area contributed by atoms with E-state index in [2.05, 4.69) is 17.2 Å². The topological polar surface area (TPSA) is 60.2 Å². The van der Waals surface area contributed by atoms with E-state index < -0.39 is 5.60 Å². The Morgan fingerprint density at radius 2 is 2.03 bits per heavy atom. The minimum absolute atomic E-state index is 0.0403. The Hall–Kier alpha value is -2.78. The van der Waals surface area contributed by atoms with E-state index >= 15 is 0 Å². The fraction of sp³-hybridized carbons (Fsp3) is 0.375. The van der Waals surface area contributed by atoms with Crippen molar-refractivity contribution in [2.45, 2.75) is 45.8 Å². The van der Waals surface area contributed by atoms with Crippen LogP contribution in [0.15, 0.2) is 30.5 Å². The van der Waals surface area contributed by atoms with Gasteiger partial charge >= 0.3 is 6.09 Å². The van der Waals surface area contributed by atoms with Gasteiger partial charge in [0.15, 0.2) is 5.82 Å². The van der Waals surface area contributed by atoms with Crippen LogP contribution in [0.2, 0.25) is 0 Å². The summed E-state index contributed by atoms with van der Waals surface area (Å²) in [5, 5.41) is 5.74. The second-order valence-electron chi connectivity index (χ2n) is 9.35. The molecule has 1 unspecified atom stereocenters. The molecule has 1 amide bonds. The maximum Gasteiger partial charge on any atom is 0.410 e. The number of aromatic nitrogens is 3. The molecule has 0 N–H and O–H groups in total. The zero-order chi connectivity index (χ0) is 23.5. The Morgan fingerprint density at radius 3 is 2.73 bits per heavy atom. The molecule has 33 heavy (non-hydrogen) atoms. The number of hydrogen-bond donors (Lipinski definition) is 0. The largest absolute Gasteiger partial charge is 0.444 e. The summed E-state index contributed by atoms with van der Waals surface area (Å²) in [4.78, 5) is 21.1. The average Bonchev–Trinajstić information content (AvgIpc) is 3.38. The SMILES string of the molecule is CC1C=C(c2cc3sc(-c4cc(F)c5nn(C)cc5c4)nc3s2)CCN1C(=O)OC(C)(C)C. The summed E-state index contributed by atoms with van der Waals surface area (Å²) in [5.41, 5.74) is 1.86. The molecule has 9 heteroatoms. The van der Waals surface area contributed by atoms with E-state index in [0.29, 0.717) is 12.1 Å². The van der Waals surface area contributed by atoms with Crippen LogP contribution in [0.1, 0.15) is 39.0 Å². The minimum atomic E-state index is -0.507. The minimum Gasteiger partial charge on any atom is -0.444 e. The fourth-order valence-electron chi connectivity index (χ4n) is 4.04. The van der Waals surface area contributed by atoms with E-state index in [1.807, 2.05) is 40.0 Å². The Kier molecular flexibility index (Phi) is 5.29. The van der Waals surface area contributed by atoms with Crippen LogP contribution < -0.4 is 0 Å². The third-order valence-electron chi connectivity index (χ3n) is 5.51. The third kappa shape index (κ3) is 4.27. The van der Waals surface area contributed by atoms with Crippen LogP contribution in [-0.4, -0.2) is 43.9 Å². The number of halogens is 1. The summed E-state index contributed by atoms with van der Waals surface area (Å²) in [6, 6.07) is 5.56. The standard InChI is InChI=1S/C24H25FN4O2S2/c1-13-8-14(6-7-29(13)23(30)31-24(2,3)4)18-11-19-22(32-18)26-21(33-19)15-9-16-12-28(5)27-20(16)17(25)10-15/h8-13H,6-7H2,1-5H3. The summed E-state index contributed by atoms with van der Waals surface area (Å²) in [5.74, 6) is -0.335. The summed E-state index contributed by atoms with van der Waals surface area (Å²) in [7, 11) is 1.79. The van der Waals surface area contributed by atoms with Crippen molar-refractivity contribution in [3.8, 4) is 10.6 Å². The first-order valence-corrected chi connectivity index (χ1v) is 12.4. The molecule has 5 rings (SSSR count). The van der Waals surface area contributed by atoms with Crippen molar-refractivity contribution in [3.05, 3.63) is 41.2 Å². The highest BCUT2D eigenvalue weighted by molar-refractivity contribution is 7.29. The molecule has 4 aromatic rings. The molecule has 3 aromatic heterocycles. The van der Waals surface area contributed by atoms with Gasteiger partial charge < -0.3 is 9.64 Å². The molecule has 0 spiro atoms. The molecule has 0 saturated heterocycles. The van der Waals surface area contributed by atoms with Crippen molar-refractivity contribution in [2.75, 3.05) is 6.54 Å². The van der Waals surface area contributed by atoms with Crippen LogP contribution in [0.5, 0.6) is 0 Å². The van der Waals surface area contributed by atoms with Gasteiger partial charge in [0.05, 0.1) is 10.7 Å². The Morgan fingerprint density at radius 1 is 1.24 bits per heavy atom. The van der Waals surface area contributed by atoms with Crippen LogP contribution >= 0.6 is 22.7 Å². The number of carbonyl (C=O) groups excluding carboxylic acids is 1. The Balaban J connectivity index is 1.39. The second-order valence-corrected chi connectivity index (χ2v) is 11.4. The predicted octanol–water partition coefficient (Wildman–Crippen LogP) is 6.46. The lowest BCUT2D eigenvalue weighted by Gasteiger charge is -2.33. The first-order valence-electron chi connectivity index (χ1n) is 10.8. The van der Waals surface area contributed by atoms with Crippen molar-refractivity contribution in [3.63, 3.8) is 0 Å². The number of thiazole rings is 1. The zero-order valence-corrected chi connectivity index (χ0v) is 20.8. The number of fused-ring (bicyclic) bond motifs is 2. The van der Waals surface area contributed by atoms with E-state index in [4.69, 9.17) is 9.72 Å². The van der Waals surface area contributed by atoms with E-state index in [1.54, 1.807) is 39.3 Å². The summed E-state index contributed by atoms with van der Waals surface area (Å²) in [6.07, 6.45) is 4.44. The highest BCUT2D eigenvalue weighted by Crippen LogP contribution is 2.40. The first kappa shape index (κ1) is 22.0. The molecule has 0 aliphatic carbocycles. The molecule has 0 fully saturated rings. The van der Waals surface area contributed by atoms with Gasteiger partial charge in [-0.3, -0.25) is 4.68 Å². The molecular formula is C24H25FN4O2S2.